The number of nitrogens with one attached hydrogen (secondary N) is 1. The Morgan fingerprint density at radius 1 is 1.32 bits per heavy atom. The van der Waals surface area contributed by atoms with Gasteiger partial charge in [-0.05, 0) is 24.1 Å². The quantitative estimate of drug-likeness (QED) is 0.836. The van der Waals surface area contributed by atoms with Crippen LogP contribution in [0.4, 0.5) is 5.13 Å². The average Bonchev–Trinajstić information content (AvgIpc) is 2.83. The van der Waals surface area contributed by atoms with Gasteiger partial charge in [0.2, 0.25) is 5.91 Å². The number of carbonyl (C=O) groups is 1. The van der Waals surface area contributed by atoms with E-state index in [-0.39, 0.29) is 5.91 Å². The first kappa shape index (κ1) is 13.5. The Labute approximate surface area is 115 Å². The van der Waals surface area contributed by atoms with Gasteiger partial charge in [-0.25, -0.2) is 4.98 Å². The molecular weight excluding hydrogens is 260 g/mol. The highest BCUT2D eigenvalue weighted by Crippen LogP contribution is 2.10. The van der Waals surface area contributed by atoms with Gasteiger partial charge in [0.1, 0.15) is 0 Å². The number of amides is 1. The molecule has 0 saturated carbocycles. The van der Waals surface area contributed by atoms with Crippen molar-refractivity contribution in [2.45, 2.75) is 19.3 Å². The number of carbonyl (C=O) groups excluding carboxylic acids is 1. The third kappa shape index (κ3) is 4.67. The van der Waals surface area contributed by atoms with Crippen LogP contribution in [0.1, 0.15) is 17.7 Å². The van der Waals surface area contributed by atoms with Crippen molar-refractivity contribution in [1.29, 1.82) is 0 Å². The minimum absolute atomic E-state index is 0.0556. The molecule has 0 radical (unpaired) electrons. The summed E-state index contributed by atoms with van der Waals surface area (Å²) in [5.74, 6) is 0.0556. The van der Waals surface area contributed by atoms with E-state index in [0.717, 1.165) is 17.7 Å². The molecule has 2 aromatic rings. The van der Waals surface area contributed by atoms with Crippen LogP contribution in [0.3, 0.4) is 0 Å². The summed E-state index contributed by atoms with van der Waals surface area (Å²) in [6.07, 6.45) is 5.41. The molecule has 6 heteroatoms. The molecule has 0 aliphatic heterocycles. The summed E-state index contributed by atoms with van der Waals surface area (Å²) in [4.78, 5) is 19.7. The highest BCUT2D eigenvalue weighted by molar-refractivity contribution is 7.13. The Morgan fingerprint density at radius 3 is 2.79 bits per heavy atom. The van der Waals surface area contributed by atoms with Gasteiger partial charge in [-0.3, -0.25) is 9.78 Å². The second kappa shape index (κ2) is 6.84. The normalized spacial score (nSPS) is 10.3. The number of nitrogens with zero attached hydrogens (tertiary/aromatic N) is 2. The average molecular weight is 276 g/mol. The summed E-state index contributed by atoms with van der Waals surface area (Å²) in [5, 5.41) is 5.36. The van der Waals surface area contributed by atoms with Crippen molar-refractivity contribution < 1.29 is 4.79 Å². The van der Waals surface area contributed by atoms with Crippen LogP contribution in [0.2, 0.25) is 0 Å². The number of nitrogen functional groups attached to an aromatic ring is 1. The number of aryl methyl sites for hydroxylation is 1. The molecule has 0 unspecified atom stereocenters. The Morgan fingerprint density at radius 2 is 2.11 bits per heavy atom. The predicted octanol–water partition coefficient (Wildman–Crippen LogP) is 1.41. The molecule has 0 aliphatic carbocycles. The van der Waals surface area contributed by atoms with Crippen molar-refractivity contribution in [3.63, 3.8) is 0 Å². The first-order valence-electron chi connectivity index (χ1n) is 6.09. The first-order valence-corrected chi connectivity index (χ1v) is 6.97. The topological polar surface area (TPSA) is 80.9 Å². The highest BCUT2D eigenvalue weighted by Gasteiger charge is 2.03. The van der Waals surface area contributed by atoms with Gasteiger partial charge in [-0.1, -0.05) is 0 Å². The molecule has 0 bridgehead atoms. The fraction of sp³-hybridized carbons (Fsp3) is 0.308. The van der Waals surface area contributed by atoms with E-state index in [1.165, 1.54) is 11.3 Å². The van der Waals surface area contributed by atoms with Crippen molar-refractivity contribution >= 4 is 22.4 Å². The number of anilines is 1. The van der Waals surface area contributed by atoms with Crippen LogP contribution in [-0.4, -0.2) is 22.4 Å². The van der Waals surface area contributed by atoms with Crippen molar-refractivity contribution in [3.05, 3.63) is 41.2 Å². The predicted molar refractivity (Wildman–Crippen MR) is 75.8 cm³/mol. The van der Waals surface area contributed by atoms with E-state index in [0.29, 0.717) is 24.5 Å². The molecule has 2 heterocycles. The molecule has 0 saturated heterocycles. The number of thiazole rings is 1. The minimum Gasteiger partial charge on any atom is -0.375 e. The van der Waals surface area contributed by atoms with Gasteiger partial charge in [0, 0.05) is 37.2 Å². The monoisotopic (exact) mass is 276 g/mol. The van der Waals surface area contributed by atoms with Crippen LogP contribution in [0, 0.1) is 0 Å². The van der Waals surface area contributed by atoms with Crippen LogP contribution in [0.25, 0.3) is 0 Å². The van der Waals surface area contributed by atoms with Gasteiger partial charge in [-0.2, -0.15) is 0 Å². The molecule has 2 aromatic heterocycles. The molecule has 0 spiro atoms. The zero-order chi connectivity index (χ0) is 13.5. The van der Waals surface area contributed by atoms with E-state index in [4.69, 9.17) is 5.73 Å². The molecule has 2 rings (SSSR count). The number of hydrogen-bond donors (Lipinski definition) is 2. The van der Waals surface area contributed by atoms with Gasteiger partial charge in [0.15, 0.2) is 5.13 Å². The smallest absolute Gasteiger partial charge is 0.220 e. The summed E-state index contributed by atoms with van der Waals surface area (Å²) >= 11 is 1.42. The molecule has 0 aromatic carbocycles. The number of aromatic nitrogens is 2. The zero-order valence-electron chi connectivity index (χ0n) is 10.5. The molecule has 3 N–H and O–H groups in total. The maximum Gasteiger partial charge on any atom is 0.220 e. The fourth-order valence-corrected chi connectivity index (χ4v) is 2.26. The summed E-state index contributed by atoms with van der Waals surface area (Å²) in [5.41, 5.74) is 7.59. The first-order chi connectivity index (χ1) is 9.24. The standard InChI is InChI=1S/C13H16N4OS/c14-13-17-11(9-19-13)5-8-16-12(18)2-1-10-3-6-15-7-4-10/h3-4,6-7,9H,1-2,5,8H2,(H2,14,17)(H,16,18). The van der Waals surface area contributed by atoms with E-state index in [9.17, 15) is 4.79 Å². The number of hydrogen-bond acceptors (Lipinski definition) is 5. The molecule has 100 valence electrons. The zero-order valence-corrected chi connectivity index (χ0v) is 11.3. The molecule has 0 atom stereocenters. The lowest BCUT2D eigenvalue weighted by Crippen LogP contribution is -2.25. The second-order valence-corrected chi connectivity index (χ2v) is 5.02. The number of nitrogens with two attached hydrogens (primary N) is 1. The van der Waals surface area contributed by atoms with Gasteiger partial charge in [-0.15, -0.1) is 11.3 Å². The van der Waals surface area contributed by atoms with Gasteiger partial charge >= 0.3 is 0 Å². The van der Waals surface area contributed by atoms with Crippen LogP contribution in [0.15, 0.2) is 29.9 Å². The summed E-state index contributed by atoms with van der Waals surface area (Å²) in [6.45, 7) is 0.596. The Hall–Kier alpha value is -1.95. The van der Waals surface area contributed by atoms with Crippen molar-refractivity contribution in [3.8, 4) is 0 Å². The van der Waals surface area contributed by atoms with Crippen molar-refractivity contribution in [2.24, 2.45) is 0 Å². The van der Waals surface area contributed by atoms with Gasteiger partial charge in [0.05, 0.1) is 5.69 Å². The SMILES string of the molecule is Nc1nc(CCNC(=O)CCc2ccncc2)cs1. The van der Waals surface area contributed by atoms with Crippen LogP contribution in [0.5, 0.6) is 0 Å². The summed E-state index contributed by atoms with van der Waals surface area (Å²) in [6, 6.07) is 3.84. The van der Waals surface area contributed by atoms with Crippen molar-refractivity contribution in [1.82, 2.24) is 15.3 Å². The molecule has 19 heavy (non-hydrogen) atoms. The van der Waals surface area contributed by atoms with Crippen LogP contribution < -0.4 is 11.1 Å². The molecule has 0 aliphatic rings. The summed E-state index contributed by atoms with van der Waals surface area (Å²) in [7, 11) is 0. The van der Waals surface area contributed by atoms with E-state index in [2.05, 4.69) is 15.3 Å². The largest absolute Gasteiger partial charge is 0.375 e. The molecule has 5 nitrogen and oxygen atoms in total. The van der Waals surface area contributed by atoms with Crippen LogP contribution >= 0.6 is 11.3 Å². The minimum atomic E-state index is 0.0556. The van der Waals surface area contributed by atoms with E-state index >= 15 is 0 Å². The van der Waals surface area contributed by atoms with E-state index in [1.807, 2.05) is 17.5 Å². The lowest BCUT2D eigenvalue weighted by Gasteiger charge is -2.04. The van der Waals surface area contributed by atoms with Gasteiger partial charge < -0.3 is 11.1 Å². The molecule has 1 amide bonds. The Kier molecular flexibility index (Phi) is 4.85. The third-order valence-corrected chi connectivity index (χ3v) is 3.39. The third-order valence-electron chi connectivity index (χ3n) is 2.66. The maximum absolute atomic E-state index is 11.6. The van der Waals surface area contributed by atoms with E-state index < -0.39 is 0 Å². The maximum atomic E-state index is 11.6. The fourth-order valence-electron chi connectivity index (χ4n) is 1.66. The second-order valence-electron chi connectivity index (χ2n) is 4.13. The summed E-state index contributed by atoms with van der Waals surface area (Å²) < 4.78 is 0. The number of pyridine rings is 1. The lowest BCUT2D eigenvalue weighted by molar-refractivity contribution is -0.121. The van der Waals surface area contributed by atoms with Gasteiger partial charge in [0.25, 0.3) is 0 Å². The Bertz CT molecular complexity index is 526. The number of rotatable bonds is 6. The molecule has 0 fully saturated rings. The molecular formula is C13H16N4OS. The van der Waals surface area contributed by atoms with Crippen LogP contribution in [-0.2, 0) is 17.6 Å². The Balaban J connectivity index is 1.65. The van der Waals surface area contributed by atoms with E-state index in [1.54, 1.807) is 12.4 Å². The lowest BCUT2D eigenvalue weighted by atomic mass is 10.1. The van der Waals surface area contributed by atoms with Crippen molar-refractivity contribution in [2.75, 3.05) is 12.3 Å². The highest BCUT2D eigenvalue weighted by atomic mass is 32.1.